The second kappa shape index (κ2) is 12.9. The molecule has 1 aromatic carbocycles. The summed E-state index contributed by atoms with van der Waals surface area (Å²) in [5.74, 6) is -0.825. The van der Waals surface area contributed by atoms with E-state index in [0.29, 0.717) is 19.4 Å². The lowest BCUT2D eigenvalue weighted by atomic mass is 9.93. The van der Waals surface area contributed by atoms with E-state index >= 15 is 0 Å². The van der Waals surface area contributed by atoms with Gasteiger partial charge in [-0.2, -0.15) is 17.5 Å². The van der Waals surface area contributed by atoms with Gasteiger partial charge in [0.1, 0.15) is 0 Å². The van der Waals surface area contributed by atoms with Crippen LogP contribution in [-0.2, 0) is 25.7 Å². The fraction of sp³-hybridized carbons (Fsp3) is 0.696. The van der Waals surface area contributed by atoms with Gasteiger partial charge >= 0.3 is 12.1 Å². The first kappa shape index (κ1) is 28.5. The van der Waals surface area contributed by atoms with Crippen molar-refractivity contribution in [3.63, 3.8) is 0 Å². The van der Waals surface area contributed by atoms with Crippen LogP contribution in [0.15, 0.2) is 29.2 Å². The molecule has 0 radical (unpaired) electrons. The number of unbranched alkanes of at least 4 members (excludes halogenated alkanes) is 3. The predicted octanol–water partition coefficient (Wildman–Crippen LogP) is 4.23. The average Bonchev–Trinajstić information content (AvgIpc) is 2.77. The quantitative estimate of drug-likeness (QED) is 0.401. The van der Waals surface area contributed by atoms with Gasteiger partial charge in [0, 0.05) is 19.7 Å². The van der Waals surface area contributed by atoms with E-state index in [-0.39, 0.29) is 23.6 Å². The summed E-state index contributed by atoms with van der Waals surface area (Å²) >= 11 is 0. The summed E-state index contributed by atoms with van der Waals surface area (Å²) in [5, 5.41) is 8.73. The molecule has 0 saturated heterocycles. The largest absolute Gasteiger partial charge is 0.480 e. The number of hydrogen-bond acceptors (Lipinski definition) is 5. The molecule has 0 atom stereocenters. The van der Waals surface area contributed by atoms with Gasteiger partial charge < -0.3 is 9.84 Å². The van der Waals surface area contributed by atoms with Crippen LogP contribution in [0.1, 0.15) is 56.9 Å². The highest BCUT2D eigenvalue weighted by atomic mass is 32.2. The van der Waals surface area contributed by atoms with E-state index in [1.165, 1.54) is 11.4 Å². The summed E-state index contributed by atoms with van der Waals surface area (Å²) in [7, 11) is -0.602. The lowest BCUT2D eigenvalue weighted by molar-refractivity contribution is -0.138. The second-order valence-electron chi connectivity index (χ2n) is 8.89. The van der Waals surface area contributed by atoms with E-state index in [1.54, 1.807) is 11.9 Å². The Balaban J connectivity index is 1.68. The molecule has 7 nitrogen and oxygen atoms in total. The van der Waals surface area contributed by atoms with Crippen LogP contribution in [0.25, 0.3) is 0 Å². The Bertz CT molecular complexity index is 870. The SMILES string of the molecule is CN(CCCCCCO[C@H]1CC[C@H](N(C)S(=O)(=O)c2ccc(C(F)(F)F)cc2)CC1)CC(=O)O. The lowest BCUT2D eigenvalue weighted by Gasteiger charge is -2.34. The minimum absolute atomic E-state index is 0.0482. The number of nitrogens with zero attached hydrogens (tertiary/aromatic N) is 2. The zero-order valence-corrected chi connectivity index (χ0v) is 20.6. The molecular formula is C23H35F3N2O5S. The zero-order chi connectivity index (χ0) is 25.4. The molecule has 1 N–H and O–H groups in total. The molecule has 0 spiro atoms. The third kappa shape index (κ3) is 8.83. The molecule has 1 fully saturated rings. The number of ether oxygens (including phenoxy) is 1. The maximum Gasteiger partial charge on any atom is 0.416 e. The van der Waals surface area contributed by atoms with Gasteiger partial charge in [-0.1, -0.05) is 12.8 Å². The minimum Gasteiger partial charge on any atom is -0.480 e. The number of likely N-dealkylation sites (N-methyl/N-ethyl adjacent to an activating group) is 1. The fourth-order valence-electron chi connectivity index (χ4n) is 4.15. The van der Waals surface area contributed by atoms with E-state index in [9.17, 15) is 26.4 Å². The molecule has 1 aromatic rings. The maximum atomic E-state index is 12.8. The van der Waals surface area contributed by atoms with Crippen LogP contribution in [-0.4, -0.2) is 74.6 Å². The molecule has 194 valence electrons. The minimum atomic E-state index is -4.51. The van der Waals surface area contributed by atoms with Crippen molar-refractivity contribution >= 4 is 16.0 Å². The van der Waals surface area contributed by atoms with Crippen LogP contribution in [0.5, 0.6) is 0 Å². The number of rotatable bonds is 13. The Morgan fingerprint density at radius 3 is 2.18 bits per heavy atom. The summed E-state index contributed by atoms with van der Waals surface area (Å²) in [6.07, 6.45) is 2.19. The number of carbonyl (C=O) groups is 1. The molecule has 0 aliphatic heterocycles. The first-order valence-electron chi connectivity index (χ1n) is 11.6. The van der Waals surface area contributed by atoms with E-state index < -0.39 is 27.7 Å². The topological polar surface area (TPSA) is 87.2 Å². The number of halogens is 3. The summed E-state index contributed by atoms with van der Waals surface area (Å²) < 4.78 is 71.1. The van der Waals surface area contributed by atoms with Gasteiger partial charge in [-0.25, -0.2) is 8.42 Å². The molecule has 11 heteroatoms. The number of alkyl halides is 3. The number of carboxylic acids is 1. The highest BCUT2D eigenvalue weighted by Crippen LogP contribution is 2.32. The van der Waals surface area contributed by atoms with Gasteiger partial charge in [0.15, 0.2) is 0 Å². The Kier molecular flexibility index (Phi) is 10.8. The zero-order valence-electron chi connectivity index (χ0n) is 19.8. The smallest absolute Gasteiger partial charge is 0.416 e. The van der Waals surface area contributed by atoms with Crippen molar-refractivity contribution in [1.29, 1.82) is 0 Å². The van der Waals surface area contributed by atoms with E-state index in [0.717, 1.165) is 69.3 Å². The molecule has 0 bridgehead atoms. The van der Waals surface area contributed by atoms with Crippen molar-refractivity contribution in [1.82, 2.24) is 9.21 Å². The third-order valence-electron chi connectivity index (χ3n) is 6.21. The Morgan fingerprint density at radius 2 is 1.62 bits per heavy atom. The number of benzene rings is 1. The van der Waals surface area contributed by atoms with Gasteiger partial charge in [-0.3, -0.25) is 9.69 Å². The Labute approximate surface area is 199 Å². The van der Waals surface area contributed by atoms with Crippen molar-refractivity contribution in [2.24, 2.45) is 0 Å². The second-order valence-corrected chi connectivity index (χ2v) is 10.9. The number of aliphatic carboxylic acids is 1. The van der Waals surface area contributed by atoms with Crippen molar-refractivity contribution in [3.05, 3.63) is 29.8 Å². The van der Waals surface area contributed by atoms with E-state index in [4.69, 9.17) is 9.84 Å². The van der Waals surface area contributed by atoms with Crippen molar-refractivity contribution in [2.45, 2.75) is 74.6 Å². The first-order chi connectivity index (χ1) is 15.9. The van der Waals surface area contributed by atoms with Crippen LogP contribution in [0, 0.1) is 0 Å². The molecule has 0 aromatic heterocycles. The molecule has 1 saturated carbocycles. The molecule has 0 amide bonds. The molecule has 34 heavy (non-hydrogen) atoms. The number of carboxylic acid groups (broad SMARTS) is 1. The van der Waals surface area contributed by atoms with Gasteiger partial charge in [-0.15, -0.1) is 0 Å². The fourth-order valence-corrected chi connectivity index (χ4v) is 5.57. The van der Waals surface area contributed by atoms with Crippen molar-refractivity contribution < 1.29 is 36.2 Å². The Hall–Kier alpha value is -1.69. The molecule has 1 aliphatic carbocycles. The number of hydrogen-bond donors (Lipinski definition) is 1. The molecular weight excluding hydrogens is 473 g/mol. The molecule has 2 rings (SSSR count). The first-order valence-corrected chi connectivity index (χ1v) is 13.0. The summed E-state index contributed by atoms with van der Waals surface area (Å²) in [6.45, 7) is 1.44. The maximum absolute atomic E-state index is 12.8. The molecule has 0 heterocycles. The number of sulfonamides is 1. The molecule has 1 aliphatic rings. The monoisotopic (exact) mass is 508 g/mol. The summed E-state index contributed by atoms with van der Waals surface area (Å²) in [6, 6.07) is 3.38. The third-order valence-corrected chi connectivity index (χ3v) is 8.13. The van der Waals surface area contributed by atoms with Gasteiger partial charge in [0.2, 0.25) is 10.0 Å². The average molecular weight is 509 g/mol. The Morgan fingerprint density at radius 1 is 1.03 bits per heavy atom. The predicted molar refractivity (Wildman–Crippen MR) is 122 cm³/mol. The molecule has 0 unspecified atom stereocenters. The van der Waals surface area contributed by atoms with Crippen LogP contribution >= 0.6 is 0 Å². The standard InChI is InChI=1S/C23H35F3N2O5S/c1-27(17-22(29)30)15-5-3-4-6-16-33-20-11-9-19(10-12-20)28(2)34(31,32)21-13-7-18(8-14-21)23(24,25)26/h7-8,13-14,19-20H,3-6,9-12,15-17H2,1-2H3,(H,29,30)/t19-,20-. The van der Waals surface area contributed by atoms with Crippen LogP contribution in [0.2, 0.25) is 0 Å². The van der Waals surface area contributed by atoms with Gasteiger partial charge in [0.05, 0.1) is 23.1 Å². The van der Waals surface area contributed by atoms with Crippen molar-refractivity contribution in [2.75, 3.05) is 33.8 Å². The highest BCUT2D eigenvalue weighted by molar-refractivity contribution is 7.89. The lowest BCUT2D eigenvalue weighted by Crippen LogP contribution is -2.40. The normalized spacial score (nSPS) is 19.6. The highest BCUT2D eigenvalue weighted by Gasteiger charge is 2.34. The van der Waals surface area contributed by atoms with E-state index in [1.807, 2.05) is 0 Å². The van der Waals surface area contributed by atoms with Gasteiger partial charge in [-0.05, 0) is 76.4 Å². The van der Waals surface area contributed by atoms with Crippen LogP contribution in [0.3, 0.4) is 0 Å². The van der Waals surface area contributed by atoms with E-state index in [2.05, 4.69) is 0 Å². The summed E-state index contributed by atoms with van der Waals surface area (Å²) in [4.78, 5) is 12.3. The van der Waals surface area contributed by atoms with Crippen LogP contribution < -0.4 is 0 Å². The van der Waals surface area contributed by atoms with Crippen LogP contribution in [0.4, 0.5) is 13.2 Å². The summed E-state index contributed by atoms with van der Waals surface area (Å²) in [5.41, 5.74) is -0.878. The van der Waals surface area contributed by atoms with Gasteiger partial charge in [0.25, 0.3) is 0 Å². The van der Waals surface area contributed by atoms with Crippen molar-refractivity contribution in [3.8, 4) is 0 Å².